The number of nitrogens with two attached hydrogens (primary N) is 1. The van der Waals surface area contributed by atoms with E-state index in [9.17, 15) is 0 Å². The van der Waals surface area contributed by atoms with Crippen LogP contribution >= 0.6 is 11.3 Å². The first-order chi connectivity index (χ1) is 9.81. The smallest absolute Gasteiger partial charge is 0.180 e. The molecular weight excluding hydrogens is 272 g/mol. The summed E-state index contributed by atoms with van der Waals surface area (Å²) in [4.78, 5) is 10.1. The molecule has 1 aliphatic rings. The van der Waals surface area contributed by atoms with Crippen molar-refractivity contribution in [1.29, 1.82) is 0 Å². The molecule has 7 heteroatoms. The summed E-state index contributed by atoms with van der Waals surface area (Å²) in [6.07, 6.45) is 4.72. The van der Waals surface area contributed by atoms with Crippen molar-refractivity contribution in [3.8, 4) is 0 Å². The number of nitrogens with zero attached hydrogens (tertiary/aromatic N) is 5. The Kier molecular flexibility index (Phi) is 4.08. The van der Waals surface area contributed by atoms with Gasteiger partial charge in [-0.15, -0.1) is 16.4 Å². The van der Waals surface area contributed by atoms with Gasteiger partial charge in [-0.1, -0.05) is 0 Å². The molecule has 20 heavy (non-hydrogen) atoms. The van der Waals surface area contributed by atoms with Crippen molar-refractivity contribution in [1.82, 2.24) is 20.1 Å². The molecule has 0 amide bonds. The summed E-state index contributed by atoms with van der Waals surface area (Å²) in [5.41, 5.74) is 5.68. The third kappa shape index (κ3) is 3.23. The molecule has 0 saturated carbocycles. The molecule has 0 unspecified atom stereocenters. The molecule has 106 valence electrons. The minimum atomic E-state index is 0.649. The largest absolute Gasteiger partial charge is 0.375 e. The molecular formula is C13H18N6S. The van der Waals surface area contributed by atoms with Gasteiger partial charge in [0.2, 0.25) is 0 Å². The van der Waals surface area contributed by atoms with Gasteiger partial charge in [0.1, 0.15) is 0 Å². The average molecular weight is 290 g/mol. The topological polar surface area (TPSA) is 71.2 Å². The Hall–Kier alpha value is -1.73. The summed E-state index contributed by atoms with van der Waals surface area (Å²) in [6, 6.07) is 3.96. The standard InChI is InChI=1S/C13H18N6S/c14-13-15-9-11(20-13)10-18-5-2-6-19(8-7-18)12-3-1-4-16-17-12/h1,3-4,9H,2,5-8,10H2,(H2,14,15). The lowest BCUT2D eigenvalue weighted by Gasteiger charge is -2.21. The first-order valence-corrected chi connectivity index (χ1v) is 7.58. The van der Waals surface area contributed by atoms with Gasteiger partial charge in [-0.25, -0.2) is 4.98 Å². The van der Waals surface area contributed by atoms with Crippen molar-refractivity contribution in [2.45, 2.75) is 13.0 Å². The monoisotopic (exact) mass is 290 g/mol. The average Bonchev–Trinajstić information content (AvgIpc) is 2.74. The Balaban J connectivity index is 1.59. The van der Waals surface area contributed by atoms with E-state index < -0.39 is 0 Å². The van der Waals surface area contributed by atoms with Gasteiger partial charge in [-0.3, -0.25) is 4.90 Å². The van der Waals surface area contributed by atoms with Gasteiger partial charge in [0.05, 0.1) is 0 Å². The zero-order valence-electron chi connectivity index (χ0n) is 11.3. The van der Waals surface area contributed by atoms with Crippen LogP contribution in [0.1, 0.15) is 11.3 Å². The molecule has 3 heterocycles. The van der Waals surface area contributed by atoms with Crippen molar-refractivity contribution >= 4 is 22.3 Å². The van der Waals surface area contributed by atoms with Gasteiger partial charge in [-0.2, -0.15) is 5.10 Å². The van der Waals surface area contributed by atoms with Gasteiger partial charge >= 0.3 is 0 Å². The van der Waals surface area contributed by atoms with Crippen LogP contribution in [0.2, 0.25) is 0 Å². The molecule has 2 aromatic heterocycles. The van der Waals surface area contributed by atoms with Crippen LogP contribution in [0.4, 0.5) is 10.9 Å². The second-order valence-corrected chi connectivity index (χ2v) is 6.01. The molecule has 1 aliphatic heterocycles. The van der Waals surface area contributed by atoms with Crippen molar-refractivity contribution in [3.63, 3.8) is 0 Å². The highest BCUT2D eigenvalue weighted by molar-refractivity contribution is 7.15. The summed E-state index contributed by atoms with van der Waals surface area (Å²) in [5, 5.41) is 8.79. The lowest BCUT2D eigenvalue weighted by atomic mass is 10.3. The summed E-state index contributed by atoms with van der Waals surface area (Å²) < 4.78 is 0. The van der Waals surface area contributed by atoms with Crippen molar-refractivity contribution < 1.29 is 0 Å². The molecule has 2 aromatic rings. The van der Waals surface area contributed by atoms with Crippen LogP contribution in [0.5, 0.6) is 0 Å². The van der Waals surface area contributed by atoms with E-state index in [4.69, 9.17) is 5.73 Å². The molecule has 0 atom stereocenters. The number of anilines is 2. The van der Waals surface area contributed by atoms with Crippen LogP contribution in [-0.4, -0.2) is 46.3 Å². The minimum Gasteiger partial charge on any atom is -0.375 e. The number of hydrogen-bond acceptors (Lipinski definition) is 7. The zero-order chi connectivity index (χ0) is 13.8. The predicted molar refractivity (Wildman–Crippen MR) is 80.7 cm³/mol. The first-order valence-electron chi connectivity index (χ1n) is 6.76. The van der Waals surface area contributed by atoms with Crippen LogP contribution in [0.25, 0.3) is 0 Å². The summed E-state index contributed by atoms with van der Waals surface area (Å²) >= 11 is 1.57. The van der Waals surface area contributed by atoms with E-state index in [2.05, 4.69) is 25.0 Å². The van der Waals surface area contributed by atoms with Crippen LogP contribution in [0.15, 0.2) is 24.5 Å². The van der Waals surface area contributed by atoms with E-state index in [1.807, 2.05) is 18.3 Å². The Labute approximate surface area is 122 Å². The second-order valence-electron chi connectivity index (χ2n) is 4.86. The third-order valence-corrected chi connectivity index (χ3v) is 4.23. The van der Waals surface area contributed by atoms with Gasteiger partial charge < -0.3 is 10.6 Å². The number of hydrogen-bond donors (Lipinski definition) is 1. The zero-order valence-corrected chi connectivity index (χ0v) is 12.1. The maximum absolute atomic E-state index is 5.68. The Morgan fingerprint density at radius 1 is 1.25 bits per heavy atom. The van der Waals surface area contributed by atoms with Gasteiger partial charge in [0.15, 0.2) is 10.9 Å². The SMILES string of the molecule is Nc1ncc(CN2CCCN(c3cccnn3)CC2)s1. The first kappa shape index (κ1) is 13.3. The molecule has 0 aliphatic carbocycles. The fraction of sp³-hybridized carbons (Fsp3) is 0.462. The highest BCUT2D eigenvalue weighted by atomic mass is 32.1. The van der Waals surface area contributed by atoms with Gasteiger partial charge in [0.25, 0.3) is 0 Å². The summed E-state index contributed by atoms with van der Waals surface area (Å²) in [5.74, 6) is 0.969. The van der Waals surface area contributed by atoms with Crippen LogP contribution in [-0.2, 0) is 6.54 Å². The molecule has 0 radical (unpaired) electrons. The van der Waals surface area contributed by atoms with E-state index in [0.29, 0.717) is 5.13 Å². The molecule has 0 aromatic carbocycles. The van der Waals surface area contributed by atoms with Crippen LogP contribution in [0, 0.1) is 0 Å². The fourth-order valence-electron chi connectivity index (χ4n) is 2.44. The Morgan fingerprint density at radius 2 is 2.20 bits per heavy atom. The lowest BCUT2D eigenvalue weighted by Crippen LogP contribution is -2.30. The minimum absolute atomic E-state index is 0.649. The molecule has 1 saturated heterocycles. The van der Waals surface area contributed by atoms with E-state index in [0.717, 1.165) is 45.0 Å². The number of nitrogen functional groups attached to an aromatic ring is 1. The molecule has 2 N–H and O–H groups in total. The maximum atomic E-state index is 5.68. The quantitative estimate of drug-likeness (QED) is 0.916. The van der Waals surface area contributed by atoms with E-state index >= 15 is 0 Å². The summed E-state index contributed by atoms with van der Waals surface area (Å²) in [7, 11) is 0. The summed E-state index contributed by atoms with van der Waals surface area (Å²) in [6.45, 7) is 5.05. The molecule has 0 spiro atoms. The van der Waals surface area contributed by atoms with Gasteiger partial charge in [0, 0.05) is 50.0 Å². The number of aromatic nitrogens is 3. The molecule has 1 fully saturated rings. The van der Waals surface area contributed by atoms with E-state index in [1.54, 1.807) is 17.5 Å². The Morgan fingerprint density at radius 3 is 2.95 bits per heavy atom. The van der Waals surface area contributed by atoms with Crippen molar-refractivity contribution in [3.05, 3.63) is 29.4 Å². The van der Waals surface area contributed by atoms with Crippen molar-refractivity contribution in [2.24, 2.45) is 0 Å². The molecule has 3 rings (SSSR count). The second kappa shape index (κ2) is 6.15. The lowest BCUT2D eigenvalue weighted by molar-refractivity contribution is 0.288. The Bertz CT molecular complexity index is 543. The van der Waals surface area contributed by atoms with Crippen molar-refractivity contribution in [2.75, 3.05) is 36.8 Å². The highest BCUT2D eigenvalue weighted by Crippen LogP contribution is 2.18. The number of rotatable bonds is 3. The fourth-order valence-corrected chi connectivity index (χ4v) is 3.16. The predicted octanol–water partition coefficient (Wildman–Crippen LogP) is 1.23. The van der Waals surface area contributed by atoms with Crippen LogP contribution < -0.4 is 10.6 Å². The van der Waals surface area contributed by atoms with E-state index in [-0.39, 0.29) is 0 Å². The third-order valence-electron chi connectivity index (χ3n) is 3.42. The van der Waals surface area contributed by atoms with Crippen LogP contribution in [0.3, 0.4) is 0 Å². The normalized spacial score (nSPS) is 17.1. The maximum Gasteiger partial charge on any atom is 0.180 e. The van der Waals surface area contributed by atoms with E-state index in [1.165, 1.54) is 4.88 Å². The van der Waals surface area contributed by atoms with Gasteiger partial charge in [-0.05, 0) is 18.6 Å². The number of thiazole rings is 1. The molecule has 0 bridgehead atoms. The molecule has 6 nitrogen and oxygen atoms in total. The highest BCUT2D eigenvalue weighted by Gasteiger charge is 2.16.